The lowest BCUT2D eigenvalue weighted by Gasteiger charge is -2.02. The molecule has 0 N–H and O–H groups in total. The van der Waals surface area contributed by atoms with Crippen molar-refractivity contribution in [2.75, 3.05) is 5.75 Å². The number of carbonyl (C=O) groups is 1. The van der Waals surface area contributed by atoms with Crippen LogP contribution < -0.4 is 0 Å². The lowest BCUT2D eigenvalue weighted by atomic mass is 10.4. The molecule has 0 aliphatic heterocycles. The van der Waals surface area contributed by atoms with Crippen molar-refractivity contribution in [3.63, 3.8) is 0 Å². The van der Waals surface area contributed by atoms with E-state index in [4.69, 9.17) is 4.74 Å². The van der Waals surface area contributed by atoms with E-state index < -0.39 is 0 Å². The number of rotatable bonds is 5. The van der Waals surface area contributed by atoms with E-state index in [9.17, 15) is 4.79 Å². The van der Waals surface area contributed by atoms with Gasteiger partial charge in [-0.1, -0.05) is 22.7 Å². The van der Waals surface area contributed by atoms with Crippen molar-refractivity contribution in [1.29, 1.82) is 0 Å². The van der Waals surface area contributed by atoms with Crippen LogP contribution in [0.2, 0.25) is 0 Å². The molecule has 0 fully saturated rings. The normalized spacial score (nSPS) is 10.1. The summed E-state index contributed by atoms with van der Waals surface area (Å²) in [5.41, 5.74) is 0. The molecule has 0 aliphatic carbocycles. The third kappa shape index (κ3) is 4.16. The van der Waals surface area contributed by atoms with Gasteiger partial charge < -0.3 is 4.74 Å². The van der Waals surface area contributed by atoms with Crippen LogP contribution in [0.3, 0.4) is 0 Å². The molecule has 4 nitrogen and oxygen atoms in total. The summed E-state index contributed by atoms with van der Waals surface area (Å²) in [5, 5.41) is 3.67. The van der Waals surface area contributed by atoms with Gasteiger partial charge in [0.25, 0.3) is 0 Å². The monoisotopic (exact) mass is 266 g/mol. The van der Waals surface area contributed by atoms with Crippen molar-refractivity contribution in [2.24, 2.45) is 0 Å². The lowest BCUT2D eigenvalue weighted by Crippen LogP contribution is -2.06. The number of benzene rings is 1. The molecule has 1 heterocycles. The van der Waals surface area contributed by atoms with Gasteiger partial charge in [0.15, 0.2) is 0 Å². The molecule has 17 heavy (non-hydrogen) atoms. The van der Waals surface area contributed by atoms with Gasteiger partial charge >= 0.3 is 5.97 Å². The highest BCUT2D eigenvalue weighted by molar-refractivity contribution is 8.00. The number of aromatic nitrogens is 2. The minimum atomic E-state index is -0.229. The molecular formula is C11H10N2O2S2. The Labute approximate surface area is 107 Å². The number of nitrogens with zero attached hydrogens (tertiary/aromatic N) is 2. The quantitative estimate of drug-likeness (QED) is 0.614. The molecule has 6 heteroatoms. The zero-order chi connectivity index (χ0) is 11.9. The third-order valence-electron chi connectivity index (χ3n) is 1.88. The number of hydrogen-bond acceptors (Lipinski definition) is 6. The van der Waals surface area contributed by atoms with Crippen LogP contribution in [-0.2, 0) is 16.1 Å². The second kappa shape index (κ2) is 6.36. The first kappa shape index (κ1) is 12.1. The molecule has 0 spiro atoms. The molecule has 0 saturated heterocycles. The predicted molar refractivity (Wildman–Crippen MR) is 66.9 cm³/mol. The van der Waals surface area contributed by atoms with Crippen LogP contribution >= 0.6 is 23.3 Å². The summed E-state index contributed by atoms with van der Waals surface area (Å²) in [7, 11) is 0. The van der Waals surface area contributed by atoms with Gasteiger partial charge in [0, 0.05) is 4.90 Å². The minimum Gasteiger partial charge on any atom is -0.459 e. The Bertz CT molecular complexity index is 460. The van der Waals surface area contributed by atoms with E-state index in [1.165, 1.54) is 23.3 Å². The van der Waals surface area contributed by atoms with E-state index in [0.29, 0.717) is 5.75 Å². The fourth-order valence-electron chi connectivity index (χ4n) is 1.10. The molecule has 0 radical (unpaired) electrons. The van der Waals surface area contributed by atoms with E-state index in [0.717, 1.165) is 9.77 Å². The fraction of sp³-hybridized carbons (Fsp3) is 0.182. The summed E-state index contributed by atoms with van der Waals surface area (Å²) in [6, 6.07) is 9.75. The second-order valence-corrected chi connectivity index (χ2v) is 5.07. The lowest BCUT2D eigenvalue weighted by molar-refractivity contribution is -0.141. The molecule has 0 saturated carbocycles. The smallest absolute Gasteiger partial charge is 0.316 e. The molecule has 0 aliphatic rings. The maximum absolute atomic E-state index is 11.4. The van der Waals surface area contributed by atoms with Crippen molar-refractivity contribution in [3.05, 3.63) is 41.4 Å². The fourth-order valence-corrected chi connectivity index (χ4v) is 2.23. The molecule has 2 rings (SSSR count). The summed E-state index contributed by atoms with van der Waals surface area (Å²) < 4.78 is 8.77. The van der Waals surface area contributed by atoms with Gasteiger partial charge in [0.05, 0.1) is 16.8 Å². The molecule has 2 aromatic rings. The Morgan fingerprint density at radius 1 is 1.35 bits per heavy atom. The summed E-state index contributed by atoms with van der Waals surface area (Å²) in [6.45, 7) is 0.256. The topological polar surface area (TPSA) is 52.1 Å². The van der Waals surface area contributed by atoms with Crippen molar-refractivity contribution in [2.45, 2.75) is 11.5 Å². The van der Waals surface area contributed by atoms with Crippen LogP contribution in [0, 0.1) is 0 Å². The van der Waals surface area contributed by atoms with Crippen LogP contribution in [0.25, 0.3) is 0 Å². The molecule has 0 atom stereocenters. The predicted octanol–water partition coefficient (Wildman–Crippen LogP) is 2.37. The minimum absolute atomic E-state index is 0.229. The average Bonchev–Trinajstić information content (AvgIpc) is 2.88. The molecule has 0 bridgehead atoms. The Hall–Kier alpha value is -1.40. The van der Waals surface area contributed by atoms with Crippen LogP contribution in [-0.4, -0.2) is 21.3 Å². The van der Waals surface area contributed by atoms with Crippen molar-refractivity contribution in [3.8, 4) is 0 Å². The number of esters is 1. The first-order chi connectivity index (χ1) is 8.34. The Morgan fingerprint density at radius 3 is 2.88 bits per heavy atom. The van der Waals surface area contributed by atoms with Crippen LogP contribution in [0.4, 0.5) is 0 Å². The first-order valence-electron chi connectivity index (χ1n) is 4.94. The summed E-state index contributed by atoms with van der Waals surface area (Å²) in [5.74, 6) is 0.0863. The highest BCUT2D eigenvalue weighted by atomic mass is 32.2. The zero-order valence-electron chi connectivity index (χ0n) is 8.91. The molecule has 0 unspecified atom stereocenters. The molecule has 1 aromatic carbocycles. The van der Waals surface area contributed by atoms with Crippen LogP contribution in [0.1, 0.15) is 4.88 Å². The van der Waals surface area contributed by atoms with Gasteiger partial charge in [-0.25, -0.2) is 0 Å². The average molecular weight is 266 g/mol. The third-order valence-corrected chi connectivity index (χ3v) is 3.50. The summed E-state index contributed by atoms with van der Waals surface area (Å²) in [6.07, 6.45) is 1.60. The van der Waals surface area contributed by atoms with E-state index >= 15 is 0 Å². The van der Waals surface area contributed by atoms with E-state index in [1.54, 1.807) is 6.20 Å². The molecular weight excluding hydrogens is 256 g/mol. The number of hydrogen-bond donors (Lipinski definition) is 0. The van der Waals surface area contributed by atoms with E-state index in [2.05, 4.69) is 9.59 Å². The SMILES string of the molecule is O=C(CSc1ccccc1)OCc1cnns1. The van der Waals surface area contributed by atoms with Crippen molar-refractivity contribution >= 4 is 29.3 Å². The van der Waals surface area contributed by atoms with E-state index in [1.807, 2.05) is 30.3 Å². The van der Waals surface area contributed by atoms with Crippen LogP contribution in [0.15, 0.2) is 41.4 Å². The van der Waals surface area contributed by atoms with Gasteiger partial charge in [-0.3, -0.25) is 4.79 Å². The molecule has 1 aromatic heterocycles. The van der Waals surface area contributed by atoms with Gasteiger partial charge in [0.1, 0.15) is 6.61 Å². The van der Waals surface area contributed by atoms with Gasteiger partial charge in [-0.2, -0.15) is 0 Å². The first-order valence-corrected chi connectivity index (χ1v) is 6.70. The van der Waals surface area contributed by atoms with Crippen molar-refractivity contribution in [1.82, 2.24) is 9.59 Å². The largest absolute Gasteiger partial charge is 0.459 e. The van der Waals surface area contributed by atoms with Crippen LogP contribution in [0.5, 0.6) is 0 Å². The second-order valence-electron chi connectivity index (χ2n) is 3.15. The highest BCUT2D eigenvalue weighted by Crippen LogP contribution is 2.17. The molecule has 0 amide bonds. The Balaban J connectivity index is 1.71. The number of thioether (sulfide) groups is 1. The Kier molecular flexibility index (Phi) is 4.52. The number of carbonyl (C=O) groups excluding carboxylic acids is 1. The number of ether oxygens (including phenoxy) is 1. The van der Waals surface area contributed by atoms with Gasteiger partial charge in [-0.05, 0) is 23.7 Å². The summed E-state index contributed by atoms with van der Waals surface area (Å²) in [4.78, 5) is 13.3. The van der Waals surface area contributed by atoms with Crippen molar-refractivity contribution < 1.29 is 9.53 Å². The summed E-state index contributed by atoms with van der Waals surface area (Å²) >= 11 is 2.70. The van der Waals surface area contributed by atoms with Gasteiger partial charge in [0.2, 0.25) is 0 Å². The maximum Gasteiger partial charge on any atom is 0.316 e. The zero-order valence-corrected chi connectivity index (χ0v) is 10.5. The standard InChI is InChI=1S/C11H10N2O2S2/c14-11(15-7-10-6-12-13-17-10)8-16-9-4-2-1-3-5-9/h1-6H,7-8H2. The highest BCUT2D eigenvalue weighted by Gasteiger charge is 2.05. The Morgan fingerprint density at radius 2 is 2.18 bits per heavy atom. The maximum atomic E-state index is 11.4. The van der Waals surface area contributed by atoms with E-state index in [-0.39, 0.29) is 12.6 Å². The molecule has 88 valence electrons. The van der Waals surface area contributed by atoms with Gasteiger partial charge in [-0.15, -0.1) is 16.9 Å².